The van der Waals surface area contributed by atoms with E-state index in [2.05, 4.69) is 83.4 Å². The molecule has 0 bridgehead atoms. The molecular formula is C29H35BrN2O4. The molecule has 0 amide bonds. The lowest BCUT2D eigenvalue weighted by atomic mass is 9.70. The van der Waals surface area contributed by atoms with E-state index in [4.69, 9.17) is 14.6 Å². The molecule has 3 N–H and O–H groups in total. The molecule has 2 heterocycles. The standard InChI is InChI=1S/C28H31BrN2O3.CH4O/c1-26(2,3)31-15-20-14-22(18-8-6-5-7-9-18)28(19-10-12-21(29)13-11-19)27(20,32)25-23(33-4)16-30-17-24(25)34-28;1-2/h5-13,16-17,20,22,31-32H,14-15H2,1-4H3;2H,1H3. The fourth-order valence-electron chi connectivity index (χ4n) is 5.83. The second kappa shape index (κ2) is 10.1. The average Bonchev–Trinajstić information content (AvgIpc) is 3.29. The molecule has 1 fully saturated rings. The highest BCUT2D eigenvalue weighted by Crippen LogP contribution is 2.69. The van der Waals surface area contributed by atoms with Gasteiger partial charge in [-0.2, -0.15) is 0 Å². The molecule has 0 saturated heterocycles. The minimum Gasteiger partial charge on any atom is -0.495 e. The summed E-state index contributed by atoms with van der Waals surface area (Å²) < 4.78 is 13.6. The lowest BCUT2D eigenvalue weighted by molar-refractivity contribution is -0.128. The predicted octanol–water partition coefficient (Wildman–Crippen LogP) is 5.13. The summed E-state index contributed by atoms with van der Waals surface area (Å²) in [6.45, 7) is 7.07. The molecule has 1 saturated carbocycles. The van der Waals surface area contributed by atoms with E-state index in [1.807, 2.05) is 18.2 Å². The minimum atomic E-state index is -1.33. The number of halogens is 1. The summed E-state index contributed by atoms with van der Waals surface area (Å²) in [6.07, 6.45) is 4.12. The van der Waals surface area contributed by atoms with Gasteiger partial charge in [0.05, 0.1) is 25.1 Å². The van der Waals surface area contributed by atoms with E-state index >= 15 is 0 Å². The van der Waals surface area contributed by atoms with E-state index in [1.54, 1.807) is 19.5 Å². The topological polar surface area (TPSA) is 83.8 Å². The largest absolute Gasteiger partial charge is 0.495 e. The van der Waals surface area contributed by atoms with Gasteiger partial charge in [-0.25, -0.2) is 0 Å². The summed E-state index contributed by atoms with van der Waals surface area (Å²) in [5.74, 6) is 0.918. The zero-order chi connectivity index (χ0) is 26.1. The van der Waals surface area contributed by atoms with Crippen LogP contribution in [0.3, 0.4) is 0 Å². The number of hydrogen-bond acceptors (Lipinski definition) is 6. The van der Waals surface area contributed by atoms with Gasteiger partial charge in [0.15, 0.2) is 5.60 Å². The van der Waals surface area contributed by atoms with Crippen molar-refractivity contribution in [2.24, 2.45) is 5.92 Å². The molecule has 7 heteroatoms. The lowest BCUT2D eigenvalue weighted by Gasteiger charge is -2.42. The second-order valence-corrected chi connectivity index (χ2v) is 11.3. The number of aliphatic hydroxyl groups is 2. The number of aromatic nitrogens is 1. The number of nitrogens with one attached hydrogen (secondary N) is 1. The first-order valence-electron chi connectivity index (χ1n) is 12.2. The van der Waals surface area contributed by atoms with Crippen LogP contribution in [0.5, 0.6) is 11.5 Å². The second-order valence-electron chi connectivity index (χ2n) is 10.4. The van der Waals surface area contributed by atoms with Gasteiger partial charge in [-0.15, -0.1) is 0 Å². The van der Waals surface area contributed by atoms with E-state index in [-0.39, 0.29) is 17.4 Å². The molecule has 2 aliphatic rings. The molecule has 1 aliphatic carbocycles. The van der Waals surface area contributed by atoms with Gasteiger partial charge in [-0.1, -0.05) is 58.4 Å². The molecule has 36 heavy (non-hydrogen) atoms. The molecule has 6 nitrogen and oxygen atoms in total. The van der Waals surface area contributed by atoms with E-state index in [0.717, 1.165) is 29.1 Å². The van der Waals surface area contributed by atoms with Gasteiger partial charge >= 0.3 is 0 Å². The van der Waals surface area contributed by atoms with Crippen molar-refractivity contribution in [1.82, 2.24) is 10.3 Å². The molecule has 2 aromatic carbocycles. The summed E-state index contributed by atoms with van der Waals surface area (Å²) in [5, 5.41) is 23.6. The van der Waals surface area contributed by atoms with Crippen LogP contribution in [-0.2, 0) is 11.2 Å². The molecule has 4 unspecified atom stereocenters. The van der Waals surface area contributed by atoms with Gasteiger partial charge in [-0.3, -0.25) is 4.98 Å². The number of ether oxygens (including phenoxy) is 2. The van der Waals surface area contributed by atoms with Crippen molar-refractivity contribution >= 4 is 15.9 Å². The van der Waals surface area contributed by atoms with Crippen molar-refractivity contribution in [2.45, 2.75) is 49.9 Å². The van der Waals surface area contributed by atoms with Crippen LogP contribution in [0.15, 0.2) is 71.5 Å². The Labute approximate surface area is 221 Å². The Morgan fingerprint density at radius 3 is 2.36 bits per heavy atom. The van der Waals surface area contributed by atoms with Crippen molar-refractivity contribution in [3.8, 4) is 11.5 Å². The van der Waals surface area contributed by atoms with Crippen molar-refractivity contribution in [2.75, 3.05) is 20.8 Å². The molecule has 0 spiro atoms. The Kier molecular flexibility index (Phi) is 7.49. The zero-order valence-electron chi connectivity index (χ0n) is 21.5. The van der Waals surface area contributed by atoms with Crippen LogP contribution in [0.2, 0.25) is 0 Å². The van der Waals surface area contributed by atoms with Gasteiger partial charge in [0, 0.05) is 35.5 Å². The molecule has 4 atom stereocenters. The highest BCUT2D eigenvalue weighted by molar-refractivity contribution is 9.10. The van der Waals surface area contributed by atoms with Crippen molar-refractivity contribution in [3.05, 3.63) is 88.2 Å². The Hall–Kier alpha value is -2.45. The van der Waals surface area contributed by atoms with Gasteiger partial charge < -0.3 is 25.0 Å². The molecule has 5 rings (SSSR count). The van der Waals surface area contributed by atoms with Crippen molar-refractivity contribution in [3.63, 3.8) is 0 Å². The number of benzene rings is 2. The third-order valence-corrected chi connectivity index (χ3v) is 7.80. The zero-order valence-corrected chi connectivity index (χ0v) is 23.0. The smallest absolute Gasteiger partial charge is 0.174 e. The first kappa shape index (κ1) is 26.6. The van der Waals surface area contributed by atoms with Crippen LogP contribution in [0.1, 0.15) is 49.8 Å². The van der Waals surface area contributed by atoms with Crippen LogP contribution in [0.4, 0.5) is 0 Å². The van der Waals surface area contributed by atoms with Crippen LogP contribution in [0, 0.1) is 5.92 Å². The van der Waals surface area contributed by atoms with Crippen LogP contribution < -0.4 is 14.8 Å². The van der Waals surface area contributed by atoms with Crippen molar-refractivity contribution in [1.29, 1.82) is 0 Å². The van der Waals surface area contributed by atoms with E-state index in [9.17, 15) is 5.11 Å². The Balaban J connectivity index is 0.00000148. The number of rotatable bonds is 5. The molecule has 0 radical (unpaired) electrons. The summed E-state index contributed by atoms with van der Waals surface area (Å²) in [5.41, 5.74) is 0.310. The van der Waals surface area contributed by atoms with E-state index in [0.29, 0.717) is 23.6 Å². The summed E-state index contributed by atoms with van der Waals surface area (Å²) in [7, 11) is 2.62. The van der Waals surface area contributed by atoms with Gasteiger partial charge in [0.1, 0.15) is 17.1 Å². The number of aliphatic hydroxyl groups excluding tert-OH is 1. The van der Waals surface area contributed by atoms with Crippen LogP contribution in [0.25, 0.3) is 0 Å². The Bertz CT molecular complexity index is 1180. The normalized spacial score (nSPS) is 26.3. The number of pyridine rings is 1. The van der Waals surface area contributed by atoms with Crippen LogP contribution in [-0.4, -0.2) is 41.5 Å². The van der Waals surface area contributed by atoms with Gasteiger partial charge in [0.2, 0.25) is 0 Å². The van der Waals surface area contributed by atoms with Crippen LogP contribution >= 0.6 is 15.9 Å². The number of hydrogen-bond donors (Lipinski definition) is 3. The average molecular weight is 556 g/mol. The summed E-state index contributed by atoms with van der Waals surface area (Å²) >= 11 is 3.56. The lowest BCUT2D eigenvalue weighted by Crippen LogP contribution is -2.53. The maximum absolute atomic E-state index is 13.0. The maximum Gasteiger partial charge on any atom is 0.174 e. The molecule has 3 aromatic rings. The minimum absolute atomic E-state index is 0.0799. The fraction of sp³-hybridized carbons (Fsp3) is 0.414. The first-order chi connectivity index (χ1) is 17.2. The monoisotopic (exact) mass is 554 g/mol. The van der Waals surface area contributed by atoms with E-state index in [1.165, 1.54) is 0 Å². The molecular weight excluding hydrogens is 520 g/mol. The third-order valence-electron chi connectivity index (χ3n) is 7.27. The van der Waals surface area contributed by atoms with Crippen molar-refractivity contribution < 1.29 is 19.7 Å². The molecule has 1 aliphatic heterocycles. The first-order valence-corrected chi connectivity index (χ1v) is 12.9. The quantitative estimate of drug-likeness (QED) is 0.405. The Morgan fingerprint density at radius 1 is 1.08 bits per heavy atom. The highest BCUT2D eigenvalue weighted by atomic mass is 79.9. The highest BCUT2D eigenvalue weighted by Gasteiger charge is 2.73. The Morgan fingerprint density at radius 2 is 1.75 bits per heavy atom. The summed E-state index contributed by atoms with van der Waals surface area (Å²) in [6, 6.07) is 18.5. The number of methoxy groups -OCH3 is 1. The van der Waals surface area contributed by atoms with Gasteiger partial charge in [0.25, 0.3) is 0 Å². The van der Waals surface area contributed by atoms with E-state index < -0.39 is 11.2 Å². The third kappa shape index (κ3) is 4.22. The SMILES string of the molecule is CO.COc1cncc2c1C1(O)C(CNC(C)(C)C)CC(c3ccccc3)C1(c1ccc(Br)cc1)O2. The fourth-order valence-corrected chi connectivity index (χ4v) is 6.09. The predicted molar refractivity (Wildman–Crippen MR) is 144 cm³/mol. The van der Waals surface area contributed by atoms with Gasteiger partial charge in [-0.05, 0) is 50.5 Å². The number of fused-ring (bicyclic) bond motifs is 3. The number of nitrogens with zero attached hydrogens (tertiary/aromatic N) is 1. The molecule has 1 aromatic heterocycles. The summed E-state index contributed by atoms with van der Waals surface area (Å²) in [4.78, 5) is 4.35. The maximum atomic E-state index is 13.0. The molecule has 192 valence electrons.